The van der Waals surface area contributed by atoms with Crippen molar-refractivity contribution in [3.8, 4) is 5.75 Å². The van der Waals surface area contributed by atoms with Crippen LogP contribution in [0, 0.1) is 5.92 Å². The Kier molecular flexibility index (Phi) is 7.35. The fraction of sp³-hybridized carbons (Fsp3) is 0.625. The molecule has 1 heterocycles. The van der Waals surface area contributed by atoms with E-state index < -0.39 is 0 Å². The van der Waals surface area contributed by atoms with Gasteiger partial charge < -0.3 is 10.1 Å². The molecule has 20 heavy (non-hydrogen) atoms. The average Bonchev–Trinajstić information content (AvgIpc) is 2.76. The molecule has 1 unspecified atom stereocenters. The molecule has 1 aromatic carbocycles. The van der Waals surface area contributed by atoms with Crippen molar-refractivity contribution in [3.63, 3.8) is 0 Å². The summed E-state index contributed by atoms with van der Waals surface area (Å²) >= 11 is 0. The summed E-state index contributed by atoms with van der Waals surface area (Å²) in [6.45, 7) is 8.71. The maximum Gasteiger partial charge on any atom is 0.120 e. The molecule has 1 aromatic rings. The van der Waals surface area contributed by atoms with Crippen molar-refractivity contribution in [2.24, 2.45) is 5.92 Å². The van der Waals surface area contributed by atoms with Crippen molar-refractivity contribution in [1.82, 2.24) is 10.2 Å². The van der Waals surface area contributed by atoms with E-state index in [2.05, 4.69) is 42.3 Å². The Balaban J connectivity index is 0.00000200. The van der Waals surface area contributed by atoms with Gasteiger partial charge in [-0.1, -0.05) is 12.1 Å². The van der Waals surface area contributed by atoms with E-state index in [9.17, 15) is 0 Å². The molecule has 0 aromatic heterocycles. The van der Waals surface area contributed by atoms with Gasteiger partial charge in [-0.15, -0.1) is 12.4 Å². The molecule has 1 atom stereocenters. The Morgan fingerprint density at radius 2 is 2.20 bits per heavy atom. The number of likely N-dealkylation sites (tertiary alicyclic amines) is 1. The fourth-order valence-electron chi connectivity index (χ4n) is 2.76. The normalized spacial score (nSPS) is 19.1. The van der Waals surface area contributed by atoms with Crippen molar-refractivity contribution in [2.45, 2.75) is 32.9 Å². The Hall–Kier alpha value is -0.770. The Morgan fingerprint density at radius 1 is 1.40 bits per heavy atom. The third kappa shape index (κ3) is 5.31. The zero-order chi connectivity index (χ0) is 13.7. The lowest BCUT2D eigenvalue weighted by Gasteiger charge is -2.17. The number of ether oxygens (including phenoxy) is 1. The van der Waals surface area contributed by atoms with Crippen LogP contribution >= 0.6 is 12.4 Å². The first-order valence-corrected chi connectivity index (χ1v) is 7.30. The molecular weight excluding hydrogens is 272 g/mol. The van der Waals surface area contributed by atoms with Crippen LogP contribution in [0.1, 0.15) is 25.8 Å². The zero-order valence-corrected chi connectivity index (χ0v) is 13.6. The predicted molar refractivity (Wildman–Crippen MR) is 86.8 cm³/mol. The molecule has 1 aliphatic rings. The highest BCUT2D eigenvalue weighted by Gasteiger charge is 2.21. The van der Waals surface area contributed by atoms with Crippen LogP contribution in [0.4, 0.5) is 0 Å². The molecule has 0 saturated carbocycles. The quantitative estimate of drug-likeness (QED) is 0.874. The predicted octanol–water partition coefficient (Wildman–Crippen LogP) is 2.94. The summed E-state index contributed by atoms with van der Waals surface area (Å²) in [5.41, 5.74) is 1.35. The Morgan fingerprint density at radius 3 is 2.90 bits per heavy atom. The summed E-state index contributed by atoms with van der Waals surface area (Å²) in [5.74, 6) is 1.79. The maximum atomic E-state index is 5.75. The van der Waals surface area contributed by atoms with E-state index >= 15 is 0 Å². The Labute approximate surface area is 129 Å². The first-order valence-electron chi connectivity index (χ1n) is 7.30. The molecule has 1 fully saturated rings. The lowest BCUT2D eigenvalue weighted by atomic mass is 10.1. The molecule has 0 radical (unpaired) electrons. The van der Waals surface area contributed by atoms with Crippen LogP contribution in [0.3, 0.4) is 0 Å². The monoisotopic (exact) mass is 298 g/mol. The SMILES string of the molecule is CNCC1CCN(Cc2cccc(OC(C)C)c2)C1.Cl. The van der Waals surface area contributed by atoms with Gasteiger partial charge in [0.15, 0.2) is 0 Å². The van der Waals surface area contributed by atoms with E-state index in [-0.39, 0.29) is 18.5 Å². The third-order valence-electron chi connectivity index (χ3n) is 3.54. The number of hydrogen-bond acceptors (Lipinski definition) is 3. The van der Waals surface area contributed by atoms with E-state index in [1.807, 2.05) is 13.1 Å². The molecule has 0 spiro atoms. The second kappa shape index (κ2) is 8.50. The first-order chi connectivity index (χ1) is 9.17. The summed E-state index contributed by atoms with van der Waals surface area (Å²) in [6, 6.07) is 8.50. The van der Waals surface area contributed by atoms with Gasteiger partial charge in [0.1, 0.15) is 5.75 Å². The van der Waals surface area contributed by atoms with Crippen molar-refractivity contribution >= 4 is 12.4 Å². The average molecular weight is 299 g/mol. The molecule has 1 saturated heterocycles. The van der Waals surface area contributed by atoms with Crippen LogP contribution in [0.25, 0.3) is 0 Å². The lowest BCUT2D eigenvalue weighted by molar-refractivity contribution is 0.241. The van der Waals surface area contributed by atoms with Gasteiger partial charge in [0, 0.05) is 13.1 Å². The summed E-state index contributed by atoms with van der Waals surface area (Å²) in [5, 5.41) is 3.28. The summed E-state index contributed by atoms with van der Waals surface area (Å²) in [6.07, 6.45) is 1.55. The highest BCUT2D eigenvalue weighted by molar-refractivity contribution is 5.85. The zero-order valence-electron chi connectivity index (χ0n) is 12.8. The highest BCUT2D eigenvalue weighted by Crippen LogP contribution is 2.20. The van der Waals surface area contributed by atoms with Crippen molar-refractivity contribution in [3.05, 3.63) is 29.8 Å². The van der Waals surface area contributed by atoms with Gasteiger partial charge in [-0.25, -0.2) is 0 Å². The van der Waals surface area contributed by atoms with E-state index in [1.165, 1.54) is 25.1 Å². The number of hydrogen-bond donors (Lipinski definition) is 1. The Bertz CT molecular complexity index is 398. The molecule has 4 heteroatoms. The number of nitrogens with one attached hydrogen (secondary N) is 1. The van der Waals surface area contributed by atoms with Crippen LogP contribution in [0.2, 0.25) is 0 Å². The minimum atomic E-state index is 0. The third-order valence-corrected chi connectivity index (χ3v) is 3.54. The van der Waals surface area contributed by atoms with Gasteiger partial charge in [0.25, 0.3) is 0 Å². The smallest absolute Gasteiger partial charge is 0.120 e. The largest absolute Gasteiger partial charge is 0.491 e. The minimum absolute atomic E-state index is 0. The van der Waals surface area contributed by atoms with Crippen molar-refractivity contribution in [2.75, 3.05) is 26.7 Å². The molecule has 2 rings (SSSR count). The minimum Gasteiger partial charge on any atom is -0.491 e. The molecular formula is C16H27ClN2O. The van der Waals surface area contributed by atoms with E-state index in [0.717, 1.165) is 24.8 Å². The molecule has 1 aliphatic heterocycles. The van der Waals surface area contributed by atoms with Gasteiger partial charge >= 0.3 is 0 Å². The van der Waals surface area contributed by atoms with Crippen molar-refractivity contribution in [1.29, 1.82) is 0 Å². The molecule has 0 bridgehead atoms. The molecule has 0 aliphatic carbocycles. The van der Waals surface area contributed by atoms with Crippen LogP contribution in [-0.2, 0) is 6.54 Å². The lowest BCUT2D eigenvalue weighted by Crippen LogP contribution is -2.24. The van der Waals surface area contributed by atoms with E-state index in [1.54, 1.807) is 0 Å². The van der Waals surface area contributed by atoms with Gasteiger partial charge in [0.2, 0.25) is 0 Å². The van der Waals surface area contributed by atoms with Gasteiger partial charge in [-0.05, 0) is 64.0 Å². The standard InChI is InChI=1S/C16H26N2O.ClH/c1-13(2)19-16-6-4-5-14(9-16)11-18-8-7-15(12-18)10-17-3;/h4-6,9,13,15,17H,7-8,10-12H2,1-3H3;1H. The molecule has 114 valence electrons. The summed E-state index contributed by atoms with van der Waals surface area (Å²) in [4.78, 5) is 2.54. The molecule has 0 amide bonds. The van der Waals surface area contributed by atoms with Crippen LogP contribution in [0.15, 0.2) is 24.3 Å². The van der Waals surface area contributed by atoms with E-state index in [4.69, 9.17) is 4.74 Å². The maximum absolute atomic E-state index is 5.75. The van der Waals surface area contributed by atoms with Crippen LogP contribution < -0.4 is 10.1 Å². The summed E-state index contributed by atoms with van der Waals surface area (Å²) in [7, 11) is 2.04. The van der Waals surface area contributed by atoms with Crippen LogP contribution in [0.5, 0.6) is 5.75 Å². The number of halogens is 1. The first kappa shape index (κ1) is 17.3. The molecule has 3 nitrogen and oxygen atoms in total. The second-order valence-electron chi connectivity index (χ2n) is 5.76. The topological polar surface area (TPSA) is 24.5 Å². The number of nitrogens with zero attached hydrogens (tertiary/aromatic N) is 1. The van der Waals surface area contributed by atoms with Crippen LogP contribution in [-0.4, -0.2) is 37.7 Å². The second-order valence-corrected chi connectivity index (χ2v) is 5.76. The number of rotatable bonds is 6. The van der Waals surface area contributed by atoms with Gasteiger partial charge in [-0.2, -0.15) is 0 Å². The van der Waals surface area contributed by atoms with E-state index in [0.29, 0.717) is 0 Å². The van der Waals surface area contributed by atoms with Gasteiger partial charge in [-0.3, -0.25) is 4.90 Å². The van der Waals surface area contributed by atoms with Gasteiger partial charge in [0.05, 0.1) is 6.10 Å². The molecule has 1 N–H and O–H groups in total. The highest BCUT2D eigenvalue weighted by atomic mass is 35.5. The fourth-order valence-corrected chi connectivity index (χ4v) is 2.76. The van der Waals surface area contributed by atoms with Crippen molar-refractivity contribution < 1.29 is 4.74 Å². The number of benzene rings is 1. The summed E-state index contributed by atoms with van der Waals surface area (Å²) < 4.78 is 5.75.